The fourth-order valence-electron chi connectivity index (χ4n) is 1.86. The van der Waals surface area contributed by atoms with Crippen molar-refractivity contribution >= 4 is 33.2 Å². The highest BCUT2D eigenvalue weighted by Crippen LogP contribution is 2.37. The summed E-state index contributed by atoms with van der Waals surface area (Å²) in [6.45, 7) is 4.56. The maximum absolute atomic E-state index is 11.9. The summed E-state index contributed by atoms with van der Waals surface area (Å²) in [4.78, 5) is 13.7. The van der Waals surface area contributed by atoms with Gasteiger partial charge in [0.2, 0.25) is 5.91 Å². The van der Waals surface area contributed by atoms with Gasteiger partial charge in [0.25, 0.3) is 0 Å². The van der Waals surface area contributed by atoms with Gasteiger partial charge >= 0.3 is 0 Å². The van der Waals surface area contributed by atoms with Crippen LogP contribution in [0.25, 0.3) is 0 Å². The van der Waals surface area contributed by atoms with Crippen molar-refractivity contribution in [2.24, 2.45) is 0 Å². The van der Waals surface area contributed by atoms with Gasteiger partial charge in [0, 0.05) is 11.0 Å². The molecule has 0 bridgehead atoms. The van der Waals surface area contributed by atoms with E-state index in [1.807, 2.05) is 32.0 Å². The fraction of sp³-hybridized carbons (Fsp3) is 0.364. The molecule has 1 aromatic carbocycles. The number of hydrogen-bond donors (Lipinski definition) is 1. The summed E-state index contributed by atoms with van der Waals surface area (Å²) in [6.07, 6.45) is 0. The lowest BCUT2D eigenvalue weighted by molar-refractivity contribution is -0.119. The highest BCUT2D eigenvalue weighted by atomic mass is 79.9. The summed E-state index contributed by atoms with van der Waals surface area (Å²) >= 11 is 3.48. The van der Waals surface area contributed by atoms with Crippen molar-refractivity contribution in [1.82, 2.24) is 0 Å². The van der Waals surface area contributed by atoms with Crippen molar-refractivity contribution in [3.8, 4) is 0 Å². The van der Waals surface area contributed by atoms with Crippen molar-refractivity contribution in [2.75, 3.05) is 16.8 Å². The number of nitrogens with zero attached hydrogens (tertiary/aromatic N) is 1. The predicted molar refractivity (Wildman–Crippen MR) is 65.3 cm³/mol. The second-order valence-corrected chi connectivity index (χ2v) is 4.44. The number of para-hydroxylation sites is 1. The smallest absolute Gasteiger partial charge is 0.249 e. The molecule has 0 spiro atoms. The first-order chi connectivity index (χ1) is 7.15. The summed E-state index contributed by atoms with van der Waals surface area (Å²) in [6, 6.07) is 5.76. The van der Waals surface area contributed by atoms with Crippen LogP contribution in [-0.4, -0.2) is 18.5 Å². The number of likely N-dealkylation sites (N-methyl/N-ethyl adjacent to an activating group) is 1. The van der Waals surface area contributed by atoms with E-state index in [0.717, 1.165) is 15.8 Å². The van der Waals surface area contributed by atoms with Crippen molar-refractivity contribution in [1.29, 1.82) is 0 Å². The Morgan fingerprint density at radius 3 is 2.93 bits per heavy atom. The number of benzene rings is 1. The summed E-state index contributed by atoms with van der Waals surface area (Å²) in [5.74, 6) is 0.122. The Kier molecular flexibility index (Phi) is 2.69. The van der Waals surface area contributed by atoms with E-state index in [0.29, 0.717) is 6.54 Å². The van der Waals surface area contributed by atoms with Gasteiger partial charge in [0.1, 0.15) is 6.04 Å². The molecule has 1 aromatic rings. The lowest BCUT2D eigenvalue weighted by Crippen LogP contribution is -2.45. The Hall–Kier alpha value is -1.03. The van der Waals surface area contributed by atoms with E-state index in [4.69, 9.17) is 0 Å². The van der Waals surface area contributed by atoms with E-state index in [-0.39, 0.29) is 11.9 Å². The van der Waals surface area contributed by atoms with Gasteiger partial charge in [-0.05, 0) is 41.9 Å². The Morgan fingerprint density at radius 1 is 1.53 bits per heavy atom. The van der Waals surface area contributed by atoms with Crippen LogP contribution in [-0.2, 0) is 4.79 Å². The number of fused-ring (bicyclic) bond motifs is 1. The zero-order chi connectivity index (χ0) is 11.0. The Labute approximate surface area is 97.6 Å². The van der Waals surface area contributed by atoms with Crippen LogP contribution >= 0.6 is 15.9 Å². The molecule has 0 radical (unpaired) electrons. The molecule has 0 saturated carbocycles. The van der Waals surface area contributed by atoms with Crippen LogP contribution in [0.5, 0.6) is 0 Å². The quantitative estimate of drug-likeness (QED) is 0.850. The molecule has 0 saturated heterocycles. The maximum atomic E-state index is 11.9. The molecular weight excluding hydrogens is 256 g/mol. The van der Waals surface area contributed by atoms with Crippen LogP contribution in [0.1, 0.15) is 13.8 Å². The monoisotopic (exact) mass is 268 g/mol. The Balaban J connectivity index is 2.56. The van der Waals surface area contributed by atoms with E-state index in [1.165, 1.54) is 0 Å². The molecule has 3 nitrogen and oxygen atoms in total. The minimum Gasteiger partial charge on any atom is -0.372 e. The third-order valence-corrected chi connectivity index (χ3v) is 3.22. The summed E-state index contributed by atoms with van der Waals surface area (Å²) < 4.78 is 0.953. The van der Waals surface area contributed by atoms with Crippen LogP contribution in [0.4, 0.5) is 11.4 Å². The molecule has 0 aliphatic carbocycles. The van der Waals surface area contributed by atoms with Crippen molar-refractivity contribution in [3.63, 3.8) is 0 Å². The van der Waals surface area contributed by atoms with Crippen LogP contribution < -0.4 is 10.2 Å². The van der Waals surface area contributed by atoms with Gasteiger partial charge in [-0.15, -0.1) is 0 Å². The van der Waals surface area contributed by atoms with Crippen LogP contribution in [0.15, 0.2) is 22.7 Å². The van der Waals surface area contributed by atoms with E-state index < -0.39 is 0 Å². The largest absolute Gasteiger partial charge is 0.372 e. The summed E-state index contributed by atoms with van der Waals surface area (Å²) in [5.41, 5.74) is 1.96. The van der Waals surface area contributed by atoms with Gasteiger partial charge in [0.15, 0.2) is 0 Å². The molecule has 0 aromatic heterocycles. The van der Waals surface area contributed by atoms with Gasteiger partial charge in [-0.25, -0.2) is 0 Å². The van der Waals surface area contributed by atoms with Crippen LogP contribution in [0.2, 0.25) is 0 Å². The number of anilines is 2. The first-order valence-corrected chi connectivity index (χ1v) is 5.81. The molecule has 2 rings (SSSR count). The molecule has 4 heteroatoms. The van der Waals surface area contributed by atoms with E-state index in [2.05, 4.69) is 21.2 Å². The number of carbonyl (C=O) groups is 1. The van der Waals surface area contributed by atoms with Gasteiger partial charge < -0.3 is 10.2 Å². The van der Waals surface area contributed by atoms with Gasteiger partial charge in [0.05, 0.1) is 11.4 Å². The first kappa shape index (κ1) is 10.5. The fourth-order valence-corrected chi connectivity index (χ4v) is 2.44. The van der Waals surface area contributed by atoms with Crippen molar-refractivity contribution in [2.45, 2.75) is 19.9 Å². The Bertz CT molecular complexity index is 406. The maximum Gasteiger partial charge on any atom is 0.249 e. The number of carbonyl (C=O) groups excluding carboxylic acids is 1. The van der Waals surface area contributed by atoms with Crippen LogP contribution in [0.3, 0.4) is 0 Å². The lowest BCUT2D eigenvalue weighted by Gasteiger charge is -2.33. The van der Waals surface area contributed by atoms with Gasteiger partial charge in [-0.3, -0.25) is 4.79 Å². The molecule has 1 atom stereocenters. The van der Waals surface area contributed by atoms with E-state index >= 15 is 0 Å². The van der Waals surface area contributed by atoms with Crippen molar-refractivity contribution < 1.29 is 4.79 Å². The standard InChI is InChI=1S/C11H13BrN2O/c1-3-14-10-8(12)5-4-6-9(10)13-7(2)11(14)15/h4-7,13H,3H2,1-2H3. The predicted octanol–water partition coefficient (Wildman–Crippen LogP) is 2.62. The highest BCUT2D eigenvalue weighted by Gasteiger charge is 2.29. The Morgan fingerprint density at radius 2 is 2.27 bits per heavy atom. The molecule has 1 aliphatic rings. The second kappa shape index (κ2) is 3.85. The topological polar surface area (TPSA) is 32.3 Å². The van der Waals surface area contributed by atoms with E-state index in [1.54, 1.807) is 4.90 Å². The normalized spacial score (nSPS) is 19.8. The molecule has 80 valence electrons. The third kappa shape index (κ3) is 1.63. The first-order valence-electron chi connectivity index (χ1n) is 5.01. The number of nitrogens with one attached hydrogen (secondary N) is 1. The number of hydrogen-bond acceptors (Lipinski definition) is 2. The third-order valence-electron chi connectivity index (χ3n) is 2.58. The van der Waals surface area contributed by atoms with E-state index in [9.17, 15) is 4.79 Å². The second-order valence-electron chi connectivity index (χ2n) is 3.58. The minimum absolute atomic E-state index is 0.122. The number of amides is 1. The molecule has 1 amide bonds. The summed E-state index contributed by atoms with van der Waals surface area (Å²) in [7, 11) is 0. The zero-order valence-corrected chi connectivity index (χ0v) is 10.3. The number of rotatable bonds is 1. The van der Waals surface area contributed by atoms with Gasteiger partial charge in [-0.2, -0.15) is 0 Å². The van der Waals surface area contributed by atoms with Gasteiger partial charge in [-0.1, -0.05) is 6.07 Å². The molecule has 1 heterocycles. The molecule has 15 heavy (non-hydrogen) atoms. The van der Waals surface area contributed by atoms with Crippen molar-refractivity contribution in [3.05, 3.63) is 22.7 Å². The minimum atomic E-state index is -0.147. The SMILES string of the molecule is CCN1C(=O)C(C)Nc2cccc(Br)c21. The molecule has 1 N–H and O–H groups in total. The highest BCUT2D eigenvalue weighted by molar-refractivity contribution is 9.10. The molecular formula is C11H13BrN2O. The molecule has 1 aliphatic heterocycles. The number of halogens is 1. The molecule has 1 unspecified atom stereocenters. The summed E-state index contributed by atoms with van der Waals surface area (Å²) in [5, 5.41) is 3.19. The lowest BCUT2D eigenvalue weighted by atomic mass is 10.1. The van der Waals surface area contributed by atoms with Crippen LogP contribution in [0, 0.1) is 0 Å². The average Bonchev–Trinajstić information content (AvgIpc) is 2.21. The average molecular weight is 269 g/mol. The molecule has 0 fully saturated rings. The zero-order valence-electron chi connectivity index (χ0n) is 8.75.